The van der Waals surface area contributed by atoms with Crippen LogP contribution in [0.25, 0.3) is 0 Å². The van der Waals surface area contributed by atoms with Gasteiger partial charge in [0.2, 0.25) is 0 Å². The Bertz CT molecular complexity index is 469. The SMILES string of the molecule is CCCCCC(C)(O)C=CC1C(O)CC(=O)C1CCCCCCC(=O)O. The van der Waals surface area contributed by atoms with Crippen molar-refractivity contribution in [1.29, 1.82) is 0 Å². The second-order valence-electron chi connectivity index (χ2n) is 7.94. The van der Waals surface area contributed by atoms with Crippen molar-refractivity contribution in [2.24, 2.45) is 11.8 Å². The fourth-order valence-electron chi connectivity index (χ4n) is 3.72. The molecule has 0 aliphatic heterocycles. The summed E-state index contributed by atoms with van der Waals surface area (Å²) in [5, 5.41) is 29.3. The molecule has 5 nitrogen and oxygen atoms in total. The van der Waals surface area contributed by atoms with Gasteiger partial charge in [-0.3, -0.25) is 9.59 Å². The summed E-state index contributed by atoms with van der Waals surface area (Å²) in [5.41, 5.74) is -0.901. The normalized spacial score (nSPS) is 25.7. The Kier molecular flexibility index (Phi) is 10.1. The van der Waals surface area contributed by atoms with Crippen LogP contribution in [-0.2, 0) is 9.59 Å². The number of carboxylic acid groups (broad SMARTS) is 1. The second kappa shape index (κ2) is 11.5. The molecule has 0 saturated heterocycles. The number of unbranched alkanes of at least 4 members (excludes halogenated alkanes) is 5. The molecular formula is C21H36O5. The monoisotopic (exact) mass is 368 g/mol. The van der Waals surface area contributed by atoms with E-state index in [9.17, 15) is 19.8 Å². The maximum atomic E-state index is 12.2. The van der Waals surface area contributed by atoms with Gasteiger partial charge in [0.25, 0.3) is 0 Å². The summed E-state index contributed by atoms with van der Waals surface area (Å²) in [6.07, 6.45) is 11.1. The van der Waals surface area contributed by atoms with Gasteiger partial charge in [-0.05, 0) is 26.2 Å². The van der Waals surface area contributed by atoms with Crippen molar-refractivity contribution in [3.05, 3.63) is 12.2 Å². The van der Waals surface area contributed by atoms with Gasteiger partial charge in [-0.15, -0.1) is 0 Å². The lowest BCUT2D eigenvalue weighted by atomic mass is 9.87. The van der Waals surface area contributed by atoms with Crippen LogP contribution in [0.1, 0.15) is 84.5 Å². The van der Waals surface area contributed by atoms with E-state index in [1.54, 1.807) is 13.0 Å². The minimum atomic E-state index is -0.901. The molecule has 0 aromatic rings. The lowest BCUT2D eigenvalue weighted by Crippen LogP contribution is -2.23. The van der Waals surface area contributed by atoms with Crippen LogP contribution in [0.2, 0.25) is 0 Å². The van der Waals surface area contributed by atoms with Crippen molar-refractivity contribution < 1.29 is 24.9 Å². The molecule has 1 saturated carbocycles. The number of hydrogen-bond donors (Lipinski definition) is 3. The van der Waals surface area contributed by atoms with Crippen molar-refractivity contribution in [3.8, 4) is 0 Å². The molecule has 5 heteroatoms. The number of carboxylic acids is 1. The van der Waals surface area contributed by atoms with E-state index in [1.165, 1.54) is 0 Å². The van der Waals surface area contributed by atoms with Gasteiger partial charge in [0, 0.05) is 24.7 Å². The predicted octanol–water partition coefficient (Wildman–Crippen LogP) is 3.87. The van der Waals surface area contributed by atoms with Gasteiger partial charge in [0.1, 0.15) is 5.78 Å². The fourth-order valence-corrected chi connectivity index (χ4v) is 3.72. The summed E-state index contributed by atoms with van der Waals surface area (Å²) in [7, 11) is 0. The van der Waals surface area contributed by atoms with Gasteiger partial charge in [0.15, 0.2) is 0 Å². The number of ketones is 1. The maximum Gasteiger partial charge on any atom is 0.303 e. The molecule has 0 spiro atoms. The smallest absolute Gasteiger partial charge is 0.303 e. The molecule has 1 fully saturated rings. The standard InChI is InChI=1S/C21H36O5/c1-3-4-9-13-21(2,26)14-12-17-16(18(22)15-19(17)23)10-7-5-6-8-11-20(24)25/h12,14,16-17,19,23,26H,3-11,13,15H2,1-2H3,(H,24,25). The van der Waals surface area contributed by atoms with Gasteiger partial charge in [0.05, 0.1) is 11.7 Å². The lowest BCUT2D eigenvalue weighted by Gasteiger charge is -2.22. The zero-order chi connectivity index (χ0) is 19.6. The predicted molar refractivity (Wildman–Crippen MR) is 102 cm³/mol. The number of hydrogen-bond acceptors (Lipinski definition) is 4. The molecule has 4 atom stereocenters. The average molecular weight is 369 g/mol. The van der Waals surface area contributed by atoms with Crippen LogP contribution in [0.5, 0.6) is 0 Å². The maximum absolute atomic E-state index is 12.2. The largest absolute Gasteiger partial charge is 0.481 e. The summed E-state index contributed by atoms with van der Waals surface area (Å²) >= 11 is 0. The van der Waals surface area contributed by atoms with Gasteiger partial charge in [-0.25, -0.2) is 0 Å². The third kappa shape index (κ3) is 8.45. The molecule has 0 aromatic heterocycles. The Balaban J connectivity index is 2.49. The van der Waals surface area contributed by atoms with E-state index in [0.29, 0.717) is 12.8 Å². The fraction of sp³-hybridized carbons (Fsp3) is 0.810. The van der Waals surface area contributed by atoms with Crippen LogP contribution in [-0.4, -0.2) is 38.8 Å². The van der Waals surface area contributed by atoms with Crippen LogP contribution in [0, 0.1) is 11.8 Å². The van der Waals surface area contributed by atoms with E-state index in [-0.39, 0.29) is 30.5 Å². The third-order valence-electron chi connectivity index (χ3n) is 5.35. The Morgan fingerprint density at radius 2 is 1.88 bits per heavy atom. The number of aliphatic hydroxyl groups excluding tert-OH is 1. The Hall–Kier alpha value is -1.20. The zero-order valence-corrected chi connectivity index (χ0v) is 16.3. The highest BCUT2D eigenvalue weighted by Gasteiger charge is 2.39. The molecule has 0 amide bonds. The molecule has 1 rings (SSSR count). The van der Waals surface area contributed by atoms with E-state index < -0.39 is 17.7 Å². The summed E-state index contributed by atoms with van der Waals surface area (Å²) in [6.45, 7) is 3.90. The minimum absolute atomic E-state index is 0.100. The second-order valence-corrected chi connectivity index (χ2v) is 7.94. The minimum Gasteiger partial charge on any atom is -0.481 e. The van der Waals surface area contributed by atoms with Crippen molar-refractivity contribution >= 4 is 11.8 Å². The van der Waals surface area contributed by atoms with Crippen molar-refractivity contribution in [1.82, 2.24) is 0 Å². The van der Waals surface area contributed by atoms with E-state index in [0.717, 1.165) is 44.9 Å². The van der Waals surface area contributed by atoms with Crippen LogP contribution in [0.3, 0.4) is 0 Å². The molecular weight excluding hydrogens is 332 g/mol. The molecule has 0 aromatic carbocycles. The van der Waals surface area contributed by atoms with Crippen LogP contribution >= 0.6 is 0 Å². The van der Waals surface area contributed by atoms with Gasteiger partial charge in [-0.1, -0.05) is 57.6 Å². The zero-order valence-electron chi connectivity index (χ0n) is 16.3. The average Bonchev–Trinajstić information content (AvgIpc) is 2.82. The molecule has 4 unspecified atom stereocenters. The molecule has 0 bridgehead atoms. The summed E-state index contributed by atoms with van der Waals surface area (Å²) < 4.78 is 0. The van der Waals surface area contributed by atoms with Gasteiger partial charge in [-0.2, -0.15) is 0 Å². The first-order valence-corrected chi connectivity index (χ1v) is 10.1. The number of Topliss-reactive ketones (excluding diaryl/α,β-unsaturated/α-hetero) is 1. The quantitative estimate of drug-likeness (QED) is 0.339. The van der Waals surface area contributed by atoms with Crippen molar-refractivity contribution in [2.45, 2.75) is 96.2 Å². The number of aliphatic carboxylic acids is 1. The summed E-state index contributed by atoms with van der Waals surface area (Å²) in [4.78, 5) is 22.7. The molecule has 3 N–H and O–H groups in total. The third-order valence-corrected chi connectivity index (χ3v) is 5.35. The molecule has 1 aliphatic carbocycles. The first-order valence-electron chi connectivity index (χ1n) is 10.1. The Morgan fingerprint density at radius 1 is 1.19 bits per heavy atom. The Morgan fingerprint density at radius 3 is 2.54 bits per heavy atom. The highest BCUT2D eigenvalue weighted by Crippen LogP contribution is 2.35. The van der Waals surface area contributed by atoms with Crippen LogP contribution in [0.4, 0.5) is 0 Å². The van der Waals surface area contributed by atoms with Gasteiger partial charge < -0.3 is 15.3 Å². The number of aliphatic hydroxyl groups is 2. The number of carbonyl (C=O) groups excluding carboxylic acids is 1. The van der Waals surface area contributed by atoms with E-state index >= 15 is 0 Å². The van der Waals surface area contributed by atoms with Crippen LogP contribution in [0.15, 0.2) is 12.2 Å². The highest BCUT2D eigenvalue weighted by molar-refractivity contribution is 5.84. The number of rotatable bonds is 13. The van der Waals surface area contributed by atoms with E-state index in [1.807, 2.05) is 6.08 Å². The topological polar surface area (TPSA) is 94.8 Å². The number of carbonyl (C=O) groups is 2. The van der Waals surface area contributed by atoms with E-state index in [4.69, 9.17) is 5.11 Å². The molecule has 0 heterocycles. The summed E-state index contributed by atoms with van der Waals surface area (Å²) in [5.74, 6) is -1.08. The van der Waals surface area contributed by atoms with Crippen molar-refractivity contribution in [2.75, 3.05) is 0 Å². The van der Waals surface area contributed by atoms with Gasteiger partial charge >= 0.3 is 5.97 Å². The van der Waals surface area contributed by atoms with E-state index in [2.05, 4.69) is 6.92 Å². The Labute approximate surface area is 157 Å². The molecule has 150 valence electrons. The molecule has 26 heavy (non-hydrogen) atoms. The first-order chi connectivity index (χ1) is 12.3. The van der Waals surface area contributed by atoms with Crippen LogP contribution < -0.4 is 0 Å². The molecule has 0 radical (unpaired) electrons. The first kappa shape index (κ1) is 22.8. The molecule has 1 aliphatic rings. The highest BCUT2D eigenvalue weighted by atomic mass is 16.4. The summed E-state index contributed by atoms with van der Waals surface area (Å²) in [6, 6.07) is 0. The lowest BCUT2D eigenvalue weighted by molar-refractivity contribution is -0.137. The van der Waals surface area contributed by atoms with Crippen molar-refractivity contribution in [3.63, 3.8) is 0 Å².